The number of nitrogens with zero attached hydrogens (tertiary/aromatic N) is 3. The number of nitrogens with one attached hydrogen (secondary N) is 2. The maximum atomic E-state index is 13.4. The van der Waals surface area contributed by atoms with Gasteiger partial charge in [-0.25, -0.2) is 9.37 Å². The van der Waals surface area contributed by atoms with Gasteiger partial charge in [-0.1, -0.05) is 47.2 Å². The predicted octanol–water partition coefficient (Wildman–Crippen LogP) is 5.39. The first-order chi connectivity index (χ1) is 14.1. The van der Waals surface area contributed by atoms with Gasteiger partial charge in [-0.2, -0.15) is 0 Å². The van der Waals surface area contributed by atoms with Crippen LogP contribution in [0.25, 0.3) is 10.6 Å². The van der Waals surface area contributed by atoms with Gasteiger partial charge in [0.05, 0.1) is 10.6 Å². The van der Waals surface area contributed by atoms with E-state index >= 15 is 0 Å². The summed E-state index contributed by atoms with van der Waals surface area (Å²) in [6, 6.07) is 16.4. The van der Waals surface area contributed by atoms with Crippen LogP contribution in [0.1, 0.15) is 10.4 Å². The molecular formula is C20H13ClFN5OS. The maximum absolute atomic E-state index is 13.4. The first-order valence-corrected chi connectivity index (χ1v) is 9.67. The van der Waals surface area contributed by atoms with E-state index in [0.29, 0.717) is 26.7 Å². The average Bonchev–Trinajstić information content (AvgIpc) is 3.17. The molecular weight excluding hydrogens is 413 g/mol. The monoisotopic (exact) mass is 425 g/mol. The molecule has 2 N–H and O–H groups in total. The van der Waals surface area contributed by atoms with Crippen molar-refractivity contribution in [1.29, 1.82) is 0 Å². The van der Waals surface area contributed by atoms with Crippen molar-refractivity contribution < 1.29 is 9.18 Å². The number of carbonyl (C=O) groups excluding carboxylic acids is 1. The molecule has 0 spiro atoms. The fraction of sp³-hybridized carbons (Fsp3) is 0. The van der Waals surface area contributed by atoms with Crippen molar-refractivity contribution in [3.05, 3.63) is 83.3 Å². The van der Waals surface area contributed by atoms with Gasteiger partial charge in [-0.15, -0.1) is 10.2 Å². The largest absolute Gasteiger partial charge is 0.339 e. The molecule has 6 nitrogen and oxygen atoms in total. The zero-order valence-corrected chi connectivity index (χ0v) is 16.3. The van der Waals surface area contributed by atoms with Gasteiger partial charge < -0.3 is 5.32 Å². The molecule has 144 valence electrons. The van der Waals surface area contributed by atoms with E-state index in [1.54, 1.807) is 36.5 Å². The number of pyridine rings is 1. The van der Waals surface area contributed by atoms with Crippen molar-refractivity contribution in [2.24, 2.45) is 0 Å². The minimum Gasteiger partial charge on any atom is -0.339 e. The van der Waals surface area contributed by atoms with Crippen LogP contribution in [0.3, 0.4) is 0 Å². The fourth-order valence-electron chi connectivity index (χ4n) is 2.57. The zero-order valence-electron chi connectivity index (χ0n) is 14.8. The topological polar surface area (TPSA) is 79.8 Å². The summed E-state index contributed by atoms with van der Waals surface area (Å²) in [5, 5.41) is 15.2. The number of hydrogen-bond donors (Lipinski definition) is 2. The van der Waals surface area contributed by atoms with Gasteiger partial charge >= 0.3 is 0 Å². The second kappa shape index (κ2) is 8.34. The third-order valence-electron chi connectivity index (χ3n) is 3.89. The lowest BCUT2D eigenvalue weighted by atomic mass is 10.2. The molecule has 2 aromatic heterocycles. The molecule has 0 aliphatic carbocycles. The summed E-state index contributed by atoms with van der Waals surface area (Å²) in [5.41, 5.74) is 1.50. The fourth-order valence-corrected chi connectivity index (χ4v) is 3.63. The summed E-state index contributed by atoms with van der Waals surface area (Å²) < 4.78 is 13.4. The Labute approximate surface area is 174 Å². The smallest absolute Gasteiger partial charge is 0.261 e. The molecule has 0 aliphatic rings. The Balaban J connectivity index is 1.55. The Hall–Kier alpha value is -3.36. The Morgan fingerprint density at radius 1 is 1.03 bits per heavy atom. The van der Waals surface area contributed by atoms with E-state index in [4.69, 9.17) is 11.6 Å². The molecule has 1 amide bonds. The Morgan fingerprint density at radius 2 is 1.90 bits per heavy atom. The van der Waals surface area contributed by atoms with Crippen LogP contribution < -0.4 is 10.6 Å². The molecule has 0 atom stereocenters. The van der Waals surface area contributed by atoms with E-state index in [-0.39, 0.29) is 5.56 Å². The van der Waals surface area contributed by atoms with Crippen LogP contribution in [0, 0.1) is 5.82 Å². The highest BCUT2D eigenvalue weighted by molar-refractivity contribution is 7.18. The summed E-state index contributed by atoms with van der Waals surface area (Å²) >= 11 is 7.39. The van der Waals surface area contributed by atoms with E-state index in [9.17, 15) is 9.18 Å². The average molecular weight is 426 g/mol. The Kier molecular flexibility index (Phi) is 5.46. The second-order valence-electron chi connectivity index (χ2n) is 5.88. The van der Waals surface area contributed by atoms with Gasteiger partial charge in [0.1, 0.15) is 11.6 Å². The van der Waals surface area contributed by atoms with E-state index in [2.05, 4.69) is 25.8 Å². The van der Waals surface area contributed by atoms with Crippen molar-refractivity contribution in [3.8, 4) is 10.6 Å². The molecule has 0 bridgehead atoms. The number of halogens is 2. The molecule has 0 radical (unpaired) electrons. The third-order valence-corrected chi connectivity index (χ3v) is 5.09. The quantitative estimate of drug-likeness (QED) is 0.448. The molecule has 9 heteroatoms. The van der Waals surface area contributed by atoms with Crippen molar-refractivity contribution in [2.45, 2.75) is 0 Å². The first-order valence-electron chi connectivity index (χ1n) is 8.47. The zero-order chi connectivity index (χ0) is 20.2. The number of hydrogen-bond acceptors (Lipinski definition) is 6. The lowest BCUT2D eigenvalue weighted by molar-refractivity contribution is 0.102. The highest BCUT2D eigenvalue weighted by Crippen LogP contribution is 2.32. The number of rotatable bonds is 5. The highest BCUT2D eigenvalue weighted by atomic mass is 35.5. The summed E-state index contributed by atoms with van der Waals surface area (Å²) in [6.07, 6.45) is 1.54. The molecule has 2 heterocycles. The van der Waals surface area contributed by atoms with Crippen molar-refractivity contribution in [1.82, 2.24) is 15.2 Å². The number of amides is 1. The molecule has 0 saturated carbocycles. The van der Waals surface area contributed by atoms with Gasteiger partial charge in [-0.05, 0) is 36.4 Å². The number of aromatic nitrogens is 3. The second-order valence-corrected chi connectivity index (χ2v) is 7.27. The minimum absolute atomic E-state index is 0.284. The van der Waals surface area contributed by atoms with Crippen LogP contribution in [0.4, 0.5) is 21.0 Å². The van der Waals surface area contributed by atoms with Crippen molar-refractivity contribution in [3.63, 3.8) is 0 Å². The van der Waals surface area contributed by atoms with Crippen LogP contribution in [-0.4, -0.2) is 21.1 Å². The van der Waals surface area contributed by atoms with Crippen LogP contribution in [-0.2, 0) is 0 Å². The molecule has 4 rings (SSSR count). The summed E-state index contributed by atoms with van der Waals surface area (Å²) in [7, 11) is 0. The van der Waals surface area contributed by atoms with Gasteiger partial charge in [0.15, 0.2) is 5.01 Å². The predicted molar refractivity (Wildman–Crippen MR) is 112 cm³/mol. The van der Waals surface area contributed by atoms with E-state index < -0.39 is 11.7 Å². The van der Waals surface area contributed by atoms with Crippen LogP contribution in [0.2, 0.25) is 5.02 Å². The van der Waals surface area contributed by atoms with Gasteiger partial charge in [0.2, 0.25) is 5.13 Å². The highest BCUT2D eigenvalue weighted by Gasteiger charge is 2.16. The summed E-state index contributed by atoms with van der Waals surface area (Å²) in [5.74, 6) is -0.511. The Morgan fingerprint density at radius 3 is 2.72 bits per heavy atom. The maximum Gasteiger partial charge on any atom is 0.261 e. The minimum atomic E-state index is -0.418. The van der Waals surface area contributed by atoms with Crippen LogP contribution in [0.15, 0.2) is 66.9 Å². The summed E-state index contributed by atoms with van der Waals surface area (Å²) in [4.78, 5) is 16.9. The van der Waals surface area contributed by atoms with Gasteiger partial charge in [0, 0.05) is 17.4 Å². The van der Waals surface area contributed by atoms with Crippen LogP contribution >= 0.6 is 22.9 Å². The van der Waals surface area contributed by atoms with Crippen molar-refractivity contribution >= 4 is 45.5 Å². The lowest BCUT2D eigenvalue weighted by Gasteiger charge is -2.10. The van der Waals surface area contributed by atoms with Crippen LogP contribution in [0.5, 0.6) is 0 Å². The van der Waals surface area contributed by atoms with Gasteiger partial charge in [0.25, 0.3) is 5.91 Å². The van der Waals surface area contributed by atoms with E-state index in [1.807, 2.05) is 18.2 Å². The molecule has 0 saturated heterocycles. The van der Waals surface area contributed by atoms with E-state index in [0.717, 1.165) is 5.56 Å². The molecule has 2 aromatic carbocycles. The number of anilines is 3. The SMILES string of the molecule is O=C(Nc1nnc(-c2ccccc2Cl)s1)c1cccnc1Nc1cccc(F)c1. The number of benzene rings is 2. The normalized spacial score (nSPS) is 10.6. The molecule has 29 heavy (non-hydrogen) atoms. The Bertz CT molecular complexity index is 1180. The van der Waals surface area contributed by atoms with E-state index in [1.165, 1.54) is 23.5 Å². The third kappa shape index (κ3) is 4.39. The first kappa shape index (κ1) is 19.0. The molecule has 0 unspecified atom stereocenters. The standard InChI is InChI=1S/C20H13ClFN5OS/c21-16-9-2-1-7-14(16)19-26-27-20(29-19)25-18(28)15-8-4-10-23-17(15)24-13-6-3-5-12(22)11-13/h1-11H,(H,23,24)(H,25,27,28). The molecule has 4 aromatic rings. The van der Waals surface area contributed by atoms with Gasteiger partial charge in [-0.3, -0.25) is 10.1 Å². The molecule has 0 fully saturated rings. The lowest BCUT2D eigenvalue weighted by Crippen LogP contribution is -2.14. The summed E-state index contributed by atoms with van der Waals surface area (Å²) in [6.45, 7) is 0. The number of carbonyl (C=O) groups is 1. The molecule has 0 aliphatic heterocycles. The van der Waals surface area contributed by atoms with Crippen molar-refractivity contribution in [2.75, 3.05) is 10.6 Å².